The highest BCUT2D eigenvalue weighted by Gasteiger charge is 2.16. The van der Waals surface area contributed by atoms with Crippen LogP contribution in [0.5, 0.6) is 11.5 Å². The minimum absolute atomic E-state index is 0.0609. The van der Waals surface area contributed by atoms with Crippen LogP contribution >= 0.6 is 0 Å². The van der Waals surface area contributed by atoms with E-state index in [9.17, 15) is 9.59 Å². The van der Waals surface area contributed by atoms with Gasteiger partial charge in [0.1, 0.15) is 0 Å². The summed E-state index contributed by atoms with van der Waals surface area (Å²) in [5.74, 6) is 1.42. The van der Waals surface area contributed by atoms with Gasteiger partial charge in [0.25, 0.3) is 0 Å². The summed E-state index contributed by atoms with van der Waals surface area (Å²) in [5, 5.41) is 2.94. The first kappa shape index (κ1) is 22.4. The van der Waals surface area contributed by atoms with E-state index in [1.54, 1.807) is 4.90 Å². The van der Waals surface area contributed by atoms with Crippen molar-refractivity contribution in [3.63, 3.8) is 0 Å². The predicted molar refractivity (Wildman–Crippen MR) is 127 cm³/mol. The van der Waals surface area contributed by atoms with Crippen LogP contribution in [0.15, 0.2) is 66.7 Å². The highest BCUT2D eigenvalue weighted by molar-refractivity contribution is 5.93. The molecule has 0 atom stereocenters. The topological polar surface area (TPSA) is 67.9 Å². The largest absolute Gasteiger partial charge is 0.454 e. The number of amides is 2. The zero-order chi connectivity index (χ0) is 23.2. The lowest BCUT2D eigenvalue weighted by atomic mass is 10.1. The van der Waals surface area contributed by atoms with E-state index in [2.05, 4.69) is 11.4 Å². The summed E-state index contributed by atoms with van der Waals surface area (Å²) in [6.07, 6.45) is 0.695. The number of benzene rings is 3. The van der Waals surface area contributed by atoms with Crippen LogP contribution in [0.3, 0.4) is 0 Å². The lowest BCUT2D eigenvalue weighted by Gasteiger charge is -2.23. The van der Waals surface area contributed by atoms with Crippen molar-refractivity contribution < 1.29 is 19.1 Å². The molecule has 6 heteroatoms. The normalized spacial score (nSPS) is 11.8. The summed E-state index contributed by atoms with van der Waals surface area (Å²) >= 11 is 0. The maximum absolute atomic E-state index is 12.6. The second-order valence-electron chi connectivity index (χ2n) is 8.13. The monoisotopic (exact) mass is 444 g/mol. The average molecular weight is 445 g/mol. The summed E-state index contributed by atoms with van der Waals surface area (Å²) in [5.41, 5.74) is 4.92. The van der Waals surface area contributed by atoms with Gasteiger partial charge in [-0.3, -0.25) is 9.59 Å². The number of aryl methyl sites for hydroxylation is 1. The molecule has 3 aromatic rings. The van der Waals surface area contributed by atoms with Gasteiger partial charge in [0.05, 0.1) is 13.0 Å². The van der Waals surface area contributed by atoms with Crippen molar-refractivity contribution >= 4 is 17.5 Å². The van der Waals surface area contributed by atoms with Crippen LogP contribution in [-0.2, 0) is 29.1 Å². The van der Waals surface area contributed by atoms with E-state index in [1.807, 2.05) is 74.5 Å². The zero-order valence-electron chi connectivity index (χ0n) is 19.0. The van der Waals surface area contributed by atoms with Crippen molar-refractivity contribution in [2.45, 2.75) is 39.8 Å². The van der Waals surface area contributed by atoms with Crippen LogP contribution in [0.4, 0.5) is 5.69 Å². The Morgan fingerprint density at radius 1 is 0.909 bits per heavy atom. The maximum atomic E-state index is 12.6. The van der Waals surface area contributed by atoms with Crippen LogP contribution in [0.1, 0.15) is 35.6 Å². The Morgan fingerprint density at radius 2 is 1.67 bits per heavy atom. The second kappa shape index (κ2) is 10.2. The molecule has 0 radical (unpaired) electrons. The van der Waals surface area contributed by atoms with Crippen LogP contribution < -0.4 is 19.7 Å². The number of carbonyl (C=O) groups excluding carboxylic acids is 2. The highest BCUT2D eigenvalue weighted by Crippen LogP contribution is 2.32. The zero-order valence-corrected chi connectivity index (χ0v) is 19.0. The van der Waals surface area contributed by atoms with Gasteiger partial charge in [-0.05, 0) is 47.9 Å². The molecule has 3 aromatic carbocycles. The Balaban J connectivity index is 1.36. The molecule has 0 fully saturated rings. The number of nitrogens with one attached hydrogen (secondary N) is 1. The van der Waals surface area contributed by atoms with E-state index in [-0.39, 0.29) is 25.0 Å². The van der Waals surface area contributed by atoms with Gasteiger partial charge in [-0.15, -0.1) is 0 Å². The summed E-state index contributed by atoms with van der Waals surface area (Å²) in [6, 6.07) is 21.4. The Kier molecular flexibility index (Phi) is 6.93. The van der Waals surface area contributed by atoms with E-state index >= 15 is 0 Å². The van der Waals surface area contributed by atoms with Gasteiger partial charge in [0.2, 0.25) is 18.6 Å². The van der Waals surface area contributed by atoms with Crippen molar-refractivity contribution in [1.29, 1.82) is 0 Å². The molecule has 0 spiro atoms. The molecule has 0 bridgehead atoms. The molecular weight excluding hydrogens is 416 g/mol. The van der Waals surface area contributed by atoms with Gasteiger partial charge < -0.3 is 19.7 Å². The summed E-state index contributed by atoms with van der Waals surface area (Å²) in [6.45, 7) is 5.08. The second-order valence-corrected chi connectivity index (χ2v) is 8.13. The smallest absolute Gasteiger partial charge is 0.231 e. The first-order chi connectivity index (χ1) is 16.0. The SMILES string of the molecule is CCC(=O)N(Cc1cccc(C)c1)c1ccc(CC(=O)NCc2ccc3c(c2)OCO3)cc1. The minimum Gasteiger partial charge on any atom is -0.454 e. The molecule has 1 aliphatic heterocycles. The number of hydrogen-bond acceptors (Lipinski definition) is 4. The van der Waals surface area contributed by atoms with Gasteiger partial charge in [0, 0.05) is 18.7 Å². The van der Waals surface area contributed by atoms with Crippen LogP contribution in [0.25, 0.3) is 0 Å². The van der Waals surface area contributed by atoms with Crippen molar-refractivity contribution in [1.82, 2.24) is 5.32 Å². The lowest BCUT2D eigenvalue weighted by molar-refractivity contribution is -0.120. The molecule has 1 aliphatic rings. The first-order valence-electron chi connectivity index (χ1n) is 11.1. The van der Waals surface area contributed by atoms with Gasteiger partial charge >= 0.3 is 0 Å². The molecule has 4 rings (SSSR count). The molecule has 0 unspecified atom stereocenters. The molecular formula is C27H28N2O4. The maximum Gasteiger partial charge on any atom is 0.231 e. The molecule has 0 aromatic heterocycles. The number of fused-ring (bicyclic) bond motifs is 1. The quantitative estimate of drug-likeness (QED) is 0.555. The van der Waals surface area contributed by atoms with Crippen LogP contribution in [-0.4, -0.2) is 18.6 Å². The number of carbonyl (C=O) groups is 2. The molecule has 6 nitrogen and oxygen atoms in total. The Hall–Kier alpha value is -3.80. The summed E-state index contributed by atoms with van der Waals surface area (Å²) in [7, 11) is 0. The minimum atomic E-state index is -0.0679. The van der Waals surface area contributed by atoms with E-state index in [0.717, 1.165) is 28.1 Å². The summed E-state index contributed by atoms with van der Waals surface area (Å²) < 4.78 is 10.7. The number of hydrogen-bond donors (Lipinski definition) is 1. The van der Waals surface area contributed by atoms with E-state index in [4.69, 9.17) is 9.47 Å². The molecule has 170 valence electrons. The first-order valence-corrected chi connectivity index (χ1v) is 11.1. The lowest BCUT2D eigenvalue weighted by Crippen LogP contribution is -2.29. The average Bonchev–Trinajstić information content (AvgIpc) is 3.29. The Labute approximate surface area is 194 Å². The third-order valence-corrected chi connectivity index (χ3v) is 5.57. The molecule has 33 heavy (non-hydrogen) atoms. The predicted octanol–water partition coefficient (Wildman–Crippen LogP) is 4.53. The van der Waals surface area contributed by atoms with Gasteiger partial charge in [-0.2, -0.15) is 0 Å². The van der Waals surface area contributed by atoms with E-state index < -0.39 is 0 Å². The van der Waals surface area contributed by atoms with Crippen molar-refractivity contribution in [2.24, 2.45) is 0 Å². The molecule has 1 heterocycles. The van der Waals surface area contributed by atoms with Crippen LogP contribution in [0, 0.1) is 6.92 Å². The molecule has 1 N–H and O–H groups in total. The van der Waals surface area contributed by atoms with Gasteiger partial charge in [-0.25, -0.2) is 0 Å². The number of anilines is 1. The third kappa shape index (κ3) is 5.71. The van der Waals surface area contributed by atoms with Crippen molar-refractivity contribution in [3.8, 4) is 11.5 Å². The Bertz CT molecular complexity index is 1140. The van der Waals surface area contributed by atoms with Crippen LogP contribution in [0.2, 0.25) is 0 Å². The fourth-order valence-corrected chi connectivity index (χ4v) is 3.80. The van der Waals surface area contributed by atoms with Gasteiger partial charge in [0.15, 0.2) is 11.5 Å². The number of nitrogens with zero attached hydrogens (tertiary/aromatic N) is 1. The standard InChI is InChI=1S/C27H28N2O4/c1-3-27(31)29(17-22-6-4-5-19(2)13-22)23-10-7-20(8-11-23)15-26(30)28-16-21-9-12-24-25(14-21)33-18-32-24/h4-14H,3,15-18H2,1-2H3,(H,28,30). The summed E-state index contributed by atoms with van der Waals surface area (Å²) in [4.78, 5) is 26.8. The number of rotatable bonds is 8. The van der Waals surface area contributed by atoms with Crippen molar-refractivity contribution in [2.75, 3.05) is 11.7 Å². The fraction of sp³-hybridized carbons (Fsp3) is 0.259. The molecule has 0 aliphatic carbocycles. The van der Waals surface area contributed by atoms with Gasteiger partial charge in [-0.1, -0.05) is 55.0 Å². The van der Waals surface area contributed by atoms with E-state index in [1.165, 1.54) is 5.56 Å². The highest BCUT2D eigenvalue weighted by atomic mass is 16.7. The molecule has 0 saturated carbocycles. The molecule has 0 saturated heterocycles. The fourth-order valence-electron chi connectivity index (χ4n) is 3.80. The van der Waals surface area contributed by atoms with E-state index in [0.29, 0.717) is 25.3 Å². The molecule has 2 amide bonds. The third-order valence-electron chi connectivity index (χ3n) is 5.57. The Morgan fingerprint density at radius 3 is 2.42 bits per heavy atom. The van der Waals surface area contributed by atoms with Crippen molar-refractivity contribution in [3.05, 3.63) is 89.0 Å². The number of ether oxygens (including phenoxy) is 2.